The molecule has 1 aromatic carbocycles. The van der Waals surface area contributed by atoms with E-state index in [0.29, 0.717) is 18.5 Å². The third-order valence-electron chi connectivity index (χ3n) is 4.58. The van der Waals surface area contributed by atoms with Gasteiger partial charge in [-0.3, -0.25) is 15.0 Å². The summed E-state index contributed by atoms with van der Waals surface area (Å²) < 4.78 is 0. The van der Waals surface area contributed by atoms with E-state index in [-0.39, 0.29) is 11.9 Å². The molecule has 0 saturated carbocycles. The van der Waals surface area contributed by atoms with Crippen LogP contribution in [0.5, 0.6) is 0 Å². The highest BCUT2D eigenvalue weighted by molar-refractivity contribution is 6.07. The van der Waals surface area contributed by atoms with Gasteiger partial charge in [0.2, 0.25) is 0 Å². The fourth-order valence-electron chi connectivity index (χ4n) is 3.31. The van der Waals surface area contributed by atoms with Gasteiger partial charge in [0.15, 0.2) is 0 Å². The normalized spacial score (nSPS) is 26.4. The second-order valence-electron chi connectivity index (χ2n) is 5.98. The number of nitrogens with zero attached hydrogens (tertiary/aromatic N) is 2. The number of piperidine rings is 1. The van der Waals surface area contributed by atoms with E-state index in [0.717, 1.165) is 18.5 Å². The molecule has 2 aliphatic rings. The summed E-state index contributed by atoms with van der Waals surface area (Å²) in [5.74, 6) is -0.236. The number of urea groups is 1. The van der Waals surface area contributed by atoms with Crippen molar-refractivity contribution in [2.45, 2.75) is 31.3 Å². The van der Waals surface area contributed by atoms with Crippen molar-refractivity contribution in [2.75, 3.05) is 13.1 Å². The van der Waals surface area contributed by atoms with Crippen LogP contribution in [0.25, 0.3) is 0 Å². The maximum Gasteiger partial charge on any atom is 0.322 e. The number of nitriles is 1. The fraction of sp³-hybridized carbons (Fsp3) is 0.438. The smallest absolute Gasteiger partial charge is 0.322 e. The maximum absolute atomic E-state index is 12.1. The summed E-state index contributed by atoms with van der Waals surface area (Å²) >= 11 is 0. The lowest BCUT2D eigenvalue weighted by atomic mass is 9.87. The summed E-state index contributed by atoms with van der Waals surface area (Å²) in [4.78, 5) is 25.7. The minimum Gasteiger partial charge on any atom is -0.322 e. The maximum atomic E-state index is 12.1. The highest BCUT2D eigenvalue weighted by Crippen LogP contribution is 2.30. The topological polar surface area (TPSA) is 85.2 Å². The molecule has 3 rings (SSSR count). The highest BCUT2D eigenvalue weighted by Gasteiger charge is 2.49. The number of rotatable bonds is 2. The van der Waals surface area contributed by atoms with Gasteiger partial charge in [-0.25, -0.2) is 4.79 Å². The predicted molar refractivity (Wildman–Crippen MR) is 79.8 cm³/mol. The summed E-state index contributed by atoms with van der Waals surface area (Å²) in [5, 5.41) is 14.1. The van der Waals surface area contributed by atoms with Crippen LogP contribution < -0.4 is 10.6 Å². The van der Waals surface area contributed by atoms with Crippen molar-refractivity contribution in [3.63, 3.8) is 0 Å². The van der Waals surface area contributed by atoms with Crippen LogP contribution in [0.2, 0.25) is 0 Å². The number of likely N-dealkylation sites (tertiary alicyclic amines) is 1. The highest BCUT2D eigenvalue weighted by atomic mass is 16.2. The first-order valence-corrected chi connectivity index (χ1v) is 7.42. The van der Waals surface area contributed by atoms with Crippen molar-refractivity contribution in [3.05, 3.63) is 35.4 Å². The molecule has 2 atom stereocenters. The summed E-state index contributed by atoms with van der Waals surface area (Å²) in [6.45, 7) is 3.41. The molecule has 2 aliphatic heterocycles. The Morgan fingerprint density at radius 1 is 1.41 bits per heavy atom. The van der Waals surface area contributed by atoms with Crippen LogP contribution in [-0.4, -0.2) is 35.5 Å². The molecule has 0 aliphatic carbocycles. The Bertz CT molecular complexity index is 666. The molecule has 3 amide bonds. The Hall–Kier alpha value is -2.39. The van der Waals surface area contributed by atoms with E-state index in [9.17, 15) is 9.59 Å². The van der Waals surface area contributed by atoms with Crippen molar-refractivity contribution in [2.24, 2.45) is 0 Å². The van der Waals surface area contributed by atoms with Crippen molar-refractivity contribution >= 4 is 11.9 Å². The molecular formula is C16H18N4O2. The fourth-order valence-corrected chi connectivity index (χ4v) is 3.31. The molecular weight excluding hydrogens is 280 g/mol. The molecule has 6 nitrogen and oxygen atoms in total. The lowest BCUT2D eigenvalue weighted by Crippen LogP contribution is -2.58. The minimum absolute atomic E-state index is 0.0794. The Labute approximate surface area is 129 Å². The van der Waals surface area contributed by atoms with E-state index in [2.05, 4.69) is 28.5 Å². The lowest BCUT2D eigenvalue weighted by molar-refractivity contribution is -0.126. The first-order valence-electron chi connectivity index (χ1n) is 7.42. The molecule has 2 heterocycles. The zero-order chi connectivity index (χ0) is 15.7. The third-order valence-corrected chi connectivity index (χ3v) is 4.58. The van der Waals surface area contributed by atoms with E-state index >= 15 is 0 Å². The lowest BCUT2D eigenvalue weighted by Gasteiger charge is -2.41. The molecule has 2 N–H and O–H groups in total. The van der Waals surface area contributed by atoms with Crippen LogP contribution in [0.3, 0.4) is 0 Å². The van der Waals surface area contributed by atoms with Gasteiger partial charge in [0.25, 0.3) is 5.91 Å². The Balaban J connectivity index is 1.81. The first kappa shape index (κ1) is 14.5. The van der Waals surface area contributed by atoms with E-state index in [1.165, 1.54) is 0 Å². The van der Waals surface area contributed by atoms with Crippen molar-refractivity contribution < 1.29 is 9.59 Å². The average molecular weight is 298 g/mol. The van der Waals surface area contributed by atoms with Gasteiger partial charge in [-0.05, 0) is 44.0 Å². The Morgan fingerprint density at radius 2 is 2.23 bits per heavy atom. The molecule has 1 spiro atoms. The first-order chi connectivity index (χ1) is 10.5. The number of benzene rings is 1. The van der Waals surface area contributed by atoms with Gasteiger partial charge in [0, 0.05) is 12.6 Å². The summed E-state index contributed by atoms with van der Waals surface area (Å²) in [6.07, 6.45) is 1.50. The number of hydrogen-bond acceptors (Lipinski definition) is 4. The number of amides is 3. The van der Waals surface area contributed by atoms with Crippen LogP contribution in [0, 0.1) is 11.3 Å². The molecule has 0 bridgehead atoms. The number of nitrogens with one attached hydrogen (secondary N) is 2. The second kappa shape index (κ2) is 5.43. The van der Waals surface area contributed by atoms with Gasteiger partial charge >= 0.3 is 6.03 Å². The molecule has 0 radical (unpaired) electrons. The quantitative estimate of drug-likeness (QED) is 0.806. The summed E-state index contributed by atoms with van der Waals surface area (Å²) in [5.41, 5.74) is 0.861. The SMILES string of the molecule is CC(c1cccc(C#N)c1)N1CCCC2(C1)NC(=O)NC2=O. The molecule has 22 heavy (non-hydrogen) atoms. The minimum atomic E-state index is -0.809. The number of hydrogen-bond donors (Lipinski definition) is 2. The number of imide groups is 1. The van der Waals surface area contributed by atoms with Gasteiger partial charge in [-0.2, -0.15) is 5.26 Å². The van der Waals surface area contributed by atoms with Gasteiger partial charge < -0.3 is 5.32 Å². The van der Waals surface area contributed by atoms with Crippen LogP contribution in [0.4, 0.5) is 4.79 Å². The van der Waals surface area contributed by atoms with Gasteiger partial charge in [0.1, 0.15) is 5.54 Å². The zero-order valence-corrected chi connectivity index (χ0v) is 12.4. The van der Waals surface area contributed by atoms with Gasteiger partial charge in [0.05, 0.1) is 11.6 Å². The second-order valence-corrected chi connectivity index (χ2v) is 5.98. The standard InChI is InChI=1S/C16H18N4O2/c1-11(13-5-2-4-12(8-13)9-17)20-7-3-6-16(10-20)14(21)18-15(22)19-16/h2,4-5,8,11H,3,6-7,10H2,1H3,(H2,18,19,21,22). The zero-order valence-electron chi connectivity index (χ0n) is 12.4. The molecule has 2 fully saturated rings. The van der Waals surface area contributed by atoms with E-state index in [1.54, 1.807) is 6.07 Å². The molecule has 114 valence electrons. The van der Waals surface area contributed by atoms with Crippen LogP contribution in [-0.2, 0) is 4.79 Å². The van der Waals surface area contributed by atoms with Crippen LogP contribution in [0.1, 0.15) is 36.9 Å². The van der Waals surface area contributed by atoms with Crippen LogP contribution in [0.15, 0.2) is 24.3 Å². The molecule has 2 saturated heterocycles. The summed E-state index contributed by atoms with van der Waals surface area (Å²) in [6, 6.07) is 9.32. The number of carbonyl (C=O) groups excluding carboxylic acids is 2. The Morgan fingerprint density at radius 3 is 2.91 bits per heavy atom. The summed E-state index contributed by atoms with van der Waals surface area (Å²) in [7, 11) is 0. The molecule has 1 aromatic rings. The third kappa shape index (κ3) is 2.44. The largest absolute Gasteiger partial charge is 0.322 e. The molecule has 0 aromatic heterocycles. The van der Waals surface area contributed by atoms with Gasteiger partial charge in [-0.1, -0.05) is 12.1 Å². The Kier molecular flexibility index (Phi) is 3.59. The van der Waals surface area contributed by atoms with E-state index in [1.807, 2.05) is 18.2 Å². The predicted octanol–water partition coefficient (Wildman–Crippen LogP) is 1.29. The van der Waals surface area contributed by atoms with Crippen molar-refractivity contribution in [1.82, 2.24) is 15.5 Å². The van der Waals surface area contributed by atoms with Crippen molar-refractivity contribution in [3.8, 4) is 6.07 Å². The van der Waals surface area contributed by atoms with E-state index < -0.39 is 11.6 Å². The van der Waals surface area contributed by atoms with Crippen LogP contribution >= 0.6 is 0 Å². The monoisotopic (exact) mass is 298 g/mol. The molecule has 2 unspecified atom stereocenters. The van der Waals surface area contributed by atoms with E-state index in [4.69, 9.17) is 5.26 Å². The van der Waals surface area contributed by atoms with Gasteiger partial charge in [-0.15, -0.1) is 0 Å². The molecule has 6 heteroatoms. The van der Waals surface area contributed by atoms with Crippen molar-refractivity contribution in [1.29, 1.82) is 5.26 Å². The number of carbonyl (C=O) groups is 2. The average Bonchev–Trinajstić information content (AvgIpc) is 2.80.